The molecule has 128 valence electrons. The number of nitrogens with zero attached hydrogens (tertiary/aromatic N) is 1. The van der Waals surface area contributed by atoms with E-state index in [2.05, 4.69) is 31.7 Å². The van der Waals surface area contributed by atoms with Gasteiger partial charge in [0.15, 0.2) is 5.76 Å². The monoisotopic (exact) mass is 393 g/mol. The summed E-state index contributed by atoms with van der Waals surface area (Å²) in [5.41, 5.74) is 2.56. The number of halogens is 1. The Balaban J connectivity index is 1.99. The van der Waals surface area contributed by atoms with Crippen LogP contribution in [0, 0.1) is 13.8 Å². The first-order chi connectivity index (χ1) is 11.3. The molecule has 2 aromatic rings. The van der Waals surface area contributed by atoms with E-state index in [0.29, 0.717) is 22.7 Å². The first-order valence-corrected chi connectivity index (χ1v) is 8.39. The van der Waals surface area contributed by atoms with Crippen molar-refractivity contribution >= 4 is 33.4 Å². The van der Waals surface area contributed by atoms with Gasteiger partial charge in [0, 0.05) is 16.1 Å². The summed E-state index contributed by atoms with van der Waals surface area (Å²) >= 11 is 3.37. The van der Waals surface area contributed by atoms with Gasteiger partial charge in [0.1, 0.15) is 5.56 Å². The molecule has 2 rings (SSSR count). The molecule has 1 aromatic heterocycles. The Morgan fingerprint density at radius 1 is 1.29 bits per heavy atom. The molecule has 2 amide bonds. The van der Waals surface area contributed by atoms with Crippen LogP contribution in [0.1, 0.15) is 47.1 Å². The lowest BCUT2D eigenvalue weighted by atomic mass is 10.0. The van der Waals surface area contributed by atoms with Gasteiger partial charge in [-0.25, -0.2) is 0 Å². The van der Waals surface area contributed by atoms with Crippen LogP contribution < -0.4 is 10.6 Å². The Bertz CT molecular complexity index is 768. The number of benzene rings is 1. The number of hydrogen-bond donors (Lipinski definition) is 2. The molecule has 0 aliphatic rings. The van der Waals surface area contributed by atoms with Gasteiger partial charge in [-0.15, -0.1) is 0 Å². The van der Waals surface area contributed by atoms with E-state index < -0.39 is 0 Å². The van der Waals surface area contributed by atoms with Crippen LogP contribution in [0.4, 0.5) is 5.69 Å². The van der Waals surface area contributed by atoms with E-state index in [1.165, 1.54) is 0 Å². The lowest BCUT2D eigenvalue weighted by Crippen LogP contribution is -2.33. The standard InChI is InChI=1S/C17H20BrN3O3/c1-9(2)16-15(11(4)21-24-16)17(23)19-8-14(22)20-13-6-5-12(18)7-10(13)3/h5-7,9H,8H2,1-4H3,(H,19,23)(H,20,22). The zero-order valence-electron chi connectivity index (χ0n) is 14.1. The highest BCUT2D eigenvalue weighted by atomic mass is 79.9. The molecule has 24 heavy (non-hydrogen) atoms. The van der Waals surface area contributed by atoms with E-state index in [-0.39, 0.29) is 24.3 Å². The maximum Gasteiger partial charge on any atom is 0.257 e. The summed E-state index contributed by atoms with van der Waals surface area (Å²) < 4.78 is 6.13. The van der Waals surface area contributed by atoms with Crippen molar-refractivity contribution in [1.82, 2.24) is 10.5 Å². The van der Waals surface area contributed by atoms with Crippen LogP contribution in [0.25, 0.3) is 0 Å². The van der Waals surface area contributed by atoms with Gasteiger partial charge in [-0.05, 0) is 37.6 Å². The maximum atomic E-state index is 12.3. The molecule has 0 fully saturated rings. The summed E-state index contributed by atoms with van der Waals surface area (Å²) in [7, 11) is 0. The fourth-order valence-corrected chi connectivity index (χ4v) is 2.74. The van der Waals surface area contributed by atoms with Crippen molar-refractivity contribution in [3.63, 3.8) is 0 Å². The molecule has 0 radical (unpaired) electrons. The fourth-order valence-electron chi connectivity index (χ4n) is 2.27. The minimum Gasteiger partial charge on any atom is -0.360 e. The number of aryl methyl sites for hydroxylation is 2. The highest BCUT2D eigenvalue weighted by Gasteiger charge is 2.22. The number of carbonyl (C=O) groups is 2. The third kappa shape index (κ3) is 4.23. The molecule has 0 atom stereocenters. The van der Waals surface area contributed by atoms with Gasteiger partial charge in [0.2, 0.25) is 5.91 Å². The van der Waals surface area contributed by atoms with Crippen LogP contribution in [0.3, 0.4) is 0 Å². The second-order valence-electron chi connectivity index (χ2n) is 5.85. The number of amides is 2. The first-order valence-electron chi connectivity index (χ1n) is 7.60. The highest BCUT2D eigenvalue weighted by Crippen LogP contribution is 2.22. The van der Waals surface area contributed by atoms with Crippen molar-refractivity contribution in [2.75, 3.05) is 11.9 Å². The van der Waals surface area contributed by atoms with E-state index in [9.17, 15) is 9.59 Å². The summed E-state index contributed by atoms with van der Waals surface area (Å²) in [4.78, 5) is 24.4. The lowest BCUT2D eigenvalue weighted by Gasteiger charge is -2.10. The van der Waals surface area contributed by atoms with Crippen molar-refractivity contribution in [2.24, 2.45) is 0 Å². The molecular weight excluding hydrogens is 374 g/mol. The average Bonchev–Trinajstić information content (AvgIpc) is 2.90. The molecule has 1 aromatic carbocycles. The molecule has 6 nitrogen and oxygen atoms in total. The summed E-state index contributed by atoms with van der Waals surface area (Å²) in [6, 6.07) is 5.56. The van der Waals surface area contributed by atoms with Crippen molar-refractivity contribution in [3.8, 4) is 0 Å². The minimum atomic E-state index is -0.361. The Kier molecular flexibility index (Phi) is 5.77. The summed E-state index contributed by atoms with van der Waals surface area (Å²) in [6.45, 7) is 7.31. The normalized spacial score (nSPS) is 10.8. The van der Waals surface area contributed by atoms with Crippen LogP contribution in [0.15, 0.2) is 27.2 Å². The molecule has 0 aliphatic carbocycles. The van der Waals surface area contributed by atoms with Crippen molar-refractivity contribution < 1.29 is 14.1 Å². The van der Waals surface area contributed by atoms with E-state index in [0.717, 1.165) is 10.0 Å². The predicted octanol–water partition coefficient (Wildman–Crippen LogP) is 3.55. The number of carbonyl (C=O) groups excluding carboxylic acids is 2. The number of hydrogen-bond acceptors (Lipinski definition) is 4. The van der Waals surface area contributed by atoms with E-state index in [4.69, 9.17) is 4.52 Å². The Hall–Kier alpha value is -2.15. The number of anilines is 1. The average molecular weight is 394 g/mol. The second kappa shape index (κ2) is 7.61. The molecule has 0 spiro atoms. The van der Waals surface area contributed by atoms with Crippen LogP contribution >= 0.6 is 15.9 Å². The van der Waals surface area contributed by atoms with Crippen LogP contribution in [0.2, 0.25) is 0 Å². The summed E-state index contributed by atoms with van der Waals surface area (Å²) in [5, 5.41) is 9.22. The van der Waals surface area contributed by atoms with Gasteiger partial charge in [-0.3, -0.25) is 9.59 Å². The third-order valence-corrected chi connectivity index (χ3v) is 4.01. The van der Waals surface area contributed by atoms with Crippen molar-refractivity contribution in [2.45, 2.75) is 33.6 Å². The van der Waals surface area contributed by atoms with Crippen LogP contribution in [-0.2, 0) is 4.79 Å². The van der Waals surface area contributed by atoms with Crippen LogP contribution in [-0.4, -0.2) is 23.5 Å². The van der Waals surface area contributed by atoms with Gasteiger partial charge in [0.25, 0.3) is 5.91 Å². The largest absolute Gasteiger partial charge is 0.360 e. The number of nitrogens with one attached hydrogen (secondary N) is 2. The van der Waals surface area contributed by atoms with Crippen molar-refractivity contribution in [1.29, 1.82) is 0 Å². The molecule has 7 heteroatoms. The van der Waals surface area contributed by atoms with E-state index in [1.54, 1.807) is 13.0 Å². The molecule has 1 heterocycles. The van der Waals surface area contributed by atoms with Gasteiger partial charge in [-0.2, -0.15) is 0 Å². The quantitative estimate of drug-likeness (QED) is 0.813. The number of aromatic nitrogens is 1. The molecule has 0 bridgehead atoms. The number of rotatable bonds is 5. The van der Waals surface area contributed by atoms with Crippen molar-refractivity contribution in [3.05, 3.63) is 45.3 Å². The molecule has 0 unspecified atom stereocenters. The van der Waals surface area contributed by atoms with Gasteiger partial charge >= 0.3 is 0 Å². The minimum absolute atomic E-state index is 0.0335. The Morgan fingerprint density at radius 2 is 2.00 bits per heavy atom. The lowest BCUT2D eigenvalue weighted by molar-refractivity contribution is -0.115. The van der Waals surface area contributed by atoms with Gasteiger partial charge in [-0.1, -0.05) is 34.9 Å². The van der Waals surface area contributed by atoms with Crippen LogP contribution in [0.5, 0.6) is 0 Å². The highest BCUT2D eigenvalue weighted by molar-refractivity contribution is 9.10. The predicted molar refractivity (Wildman–Crippen MR) is 95.2 cm³/mol. The van der Waals surface area contributed by atoms with E-state index in [1.807, 2.05) is 32.9 Å². The molecule has 0 saturated carbocycles. The molecule has 0 aliphatic heterocycles. The Labute approximate surface area is 149 Å². The molecular formula is C17H20BrN3O3. The smallest absolute Gasteiger partial charge is 0.257 e. The zero-order chi connectivity index (χ0) is 17.9. The van der Waals surface area contributed by atoms with Gasteiger partial charge < -0.3 is 15.2 Å². The zero-order valence-corrected chi connectivity index (χ0v) is 15.7. The van der Waals surface area contributed by atoms with E-state index >= 15 is 0 Å². The Morgan fingerprint density at radius 3 is 2.62 bits per heavy atom. The second-order valence-corrected chi connectivity index (χ2v) is 6.77. The summed E-state index contributed by atoms with van der Waals surface area (Å²) in [6.07, 6.45) is 0. The van der Waals surface area contributed by atoms with Gasteiger partial charge in [0.05, 0.1) is 12.2 Å². The first kappa shape index (κ1) is 18.2. The fraction of sp³-hybridized carbons (Fsp3) is 0.353. The SMILES string of the molecule is Cc1cc(Br)ccc1NC(=O)CNC(=O)c1c(C)noc1C(C)C. The summed E-state index contributed by atoms with van der Waals surface area (Å²) in [5.74, 6) is -0.102. The topological polar surface area (TPSA) is 84.2 Å². The maximum absolute atomic E-state index is 12.3. The third-order valence-electron chi connectivity index (χ3n) is 3.51. The molecule has 0 saturated heterocycles. The molecule has 2 N–H and O–H groups in total.